The van der Waals surface area contributed by atoms with Gasteiger partial charge in [0, 0.05) is 11.6 Å². The lowest BCUT2D eigenvalue weighted by Gasteiger charge is -2.12. The molecule has 1 unspecified atom stereocenters. The van der Waals surface area contributed by atoms with Crippen LogP contribution < -0.4 is 5.32 Å². The summed E-state index contributed by atoms with van der Waals surface area (Å²) in [4.78, 5) is 0. The summed E-state index contributed by atoms with van der Waals surface area (Å²) in [7, 11) is 0. The van der Waals surface area contributed by atoms with Crippen LogP contribution in [0, 0.1) is 12.7 Å². The Morgan fingerprint density at radius 1 is 1.11 bits per heavy atom. The molecule has 0 amide bonds. The van der Waals surface area contributed by atoms with E-state index < -0.39 is 0 Å². The average Bonchev–Trinajstić information content (AvgIpc) is 2.96. The van der Waals surface area contributed by atoms with Crippen molar-refractivity contribution in [3.05, 3.63) is 59.4 Å². The van der Waals surface area contributed by atoms with E-state index >= 15 is 0 Å². The van der Waals surface area contributed by atoms with E-state index in [2.05, 4.69) is 17.4 Å². The van der Waals surface area contributed by atoms with E-state index in [-0.39, 0.29) is 5.82 Å². The molecule has 1 saturated heterocycles. The smallest absolute Gasteiger partial charge is 0.133 e. The molecule has 0 radical (unpaired) electrons. The van der Waals surface area contributed by atoms with Crippen molar-refractivity contribution in [3.8, 4) is 11.1 Å². The fourth-order valence-electron chi connectivity index (χ4n) is 2.73. The van der Waals surface area contributed by atoms with Crippen molar-refractivity contribution in [2.75, 3.05) is 6.54 Å². The van der Waals surface area contributed by atoms with Gasteiger partial charge in [-0.1, -0.05) is 42.5 Å². The van der Waals surface area contributed by atoms with Crippen LogP contribution in [0.4, 0.5) is 4.39 Å². The van der Waals surface area contributed by atoms with Crippen LogP contribution in [0.15, 0.2) is 42.5 Å². The lowest BCUT2D eigenvalue weighted by molar-refractivity contribution is 0.622. The zero-order valence-corrected chi connectivity index (χ0v) is 11.1. The van der Waals surface area contributed by atoms with Crippen LogP contribution in [-0.2, 0) is 0 Å². The van der Waals surface area contributed by atoms with E-state index in [1.807, 2.05) is 24.3 Å². The van der Waals surface area contributed by atoms with Crippen LogP contribution in [0.2, 0.25) is 0 Å². The minimum Gasteiger partial charge on any atom is -0.310 e. The topological polar surface area (TPSA) is 12.0 Å². The van der Waals surface area contributed by atoms with Gasteiger partial charge in [0.05, 0.1) is 0 Å². The van der Waals surface area contributed by atoms with Gasteiger partial charge in [-0.2, -0.15) is 0 Å². The Balaban J connectivity index is 1.91. The molecular formula is C17H18FN. The number of hydrogen-bond acceptors (Lipinski definition) is 1. The summed E-state index contributed by atoms with van der Waals surface area (Å²) >= 11 is 0. The van der Waals surface area contributed by atoms with Crippen molar-refractivity contribution in [2.24, 2.45) is 0 Å². The second kappa shape index (κ2) is 5.14. The number of aryl methyl sites for hydroxylation is 1. The summed E-state index contributed by atoms with van der Waals surface area (Å²) < 4.78 is 14.1. The Labute approximate surface area is 113 Å². The average molecular weight is 255 g/mol. The van der Waals surface area contributed by atoms with E-state index in [0.717, 1.165) is 12.1 Å². The third-order valence-corrected chi connectivity index (χ3v) is 3.88. The first-order valence-corrected chi connectivity index (χ1v) is 6.84. The molecule has 0 spiro atoms. The molecule has 19 heavy (non-hydrogen) atoms. The molecule has 0 aliphatic carbocycles. The first-order chi connectivity index (χ1) is 9.25. The van der Waals surface area contributed by atoms with Crippen molar-refractivity contribution in [1.82, 2.24) is 5.32 Å². The molecule has 0 bridgehead atoms. The van der Waals surface area contributed by atoms with E-state index in [1.165, 1.54) is 18.4 Å². The fourth-order valence-corrected chi connectivity index (χ4v) is 2.73. The van der Waals surface area contributed by atoms with Gasteiger partial charge in [0.2, 0.25) is 0 Å². The molecule has 1 nitrogen and oxygen atoms in total. The summed E-state index contributed by atoms with van der Waals surface area (Å²) in [5, 5.41) is 3.48. The molecule has 3 rings (SSSR count). The van der Waals surface area contributed by atoms with Crippen molar-refractivity contribution in [3.63, 3.8) is 0 Å². The van der Waals surface area contributed by atoms with Crippen molar-refractivity contribution in [1.29, 1.82) is 0 Å². The highest BCUT2D eigenvalue weighted by atomic mass is 19.1. The van der Waals surface area contributed by atoms with E-state index in [4.69, 9.17) is 0 Å². The van der Waals surface area contributed by atoms with Crippen LogP contribution in [-0.4, -0.2) is 6.54 Å². The van der Waals surface area contributed by atoms with Crippen LogP contribution in [0.25, 0.3) is 11.1 Å². The summed E-state index contributed by atoms with van der Waals surface area (Å²) in [6.45, 7) is 2.90. The molecule has 1 heterocycles. The normalized spacial score (nSPS) is 18.7. The largest absolute Gasteiger partial charge is 0.310 e. The van der Waals surface area contributed by atoms with Crippen LogP contribution in [0.1, 0.15) is 30.0 Å². The number of hydrogen-bond donors (Lipinski definition) is 1. The molecule has 1 atom stereocenters. The first-order valence-electron chi connectivity index (χ1n) is 6.84. The van der Waals surface area contributed by atoms with Gasteiger partial charge < -0.3 is 5.32 Å². The molecule has 1 fully saturated rings. The molecule has 2 aromatic carbocycles. The lowest BCUT2D eigenvalue weighted by atomic mass is 9.98. The summed E-state index contributed by atoms with van der Waals surface area (Å²) in [6.07, 6.45) is 2.43. The van der Waals surface area contributed by atoms with Gasteiger partial charge in [-0.05, 0) is 43.0 Å². The standard InChI is InChI=1S/C17H18FN/c1-12-4-2-5-15(17(12)18)13-7-9-14(10-8-13)16-6-3-11-19-16/h2,4-5,7-10,16,19H,3,6,11H2,1H3. The maximum Gasteiger partial charge on any atom is 0.133 e. The van der Waals surface area contributed by atoms with Gasteiger partial charge in [0.25, 0.3) is 0 Å². The third kappa shape index (κ3) is 2.41. The maximum absolute atomic E-state index is 14.1. The van der Waals surface area contributed by atoms with Crippen molar-refractivity contribution in [2.45, 2.75) is 25.8 Å². The molecule has 2 aromatic rings. The molecule has 1 N–H and O–H groups in total. The molecule has 0 aromatic heterocycles. The molecule has 1 aliphatic rings. The predicted molar refractivity (Wildman–Crippen MR) is 76.6 cm³/mol. The highest BCUT2D eigenvalue weighted by Crippen LogP contribution is 2.28. The summed E-state index contributed by atoms with van der Waals surface area (Å²) in [5.74, 6) is -0.116. The van der Waals surface area contributed by atoms with Crippen LogP contribution in [0.5, 0.6) is 0 Å². The van der Waals surface area contributed by atoms with Gasteiger partial charge in [0.1, 0.15) is 5.82 Å². The minimum atomic E-state index is -0.116. The molecule has 1 aliphatic heterocycles. The van der Waals surface area contributed by atoms with Crippen LogP contribution in [0.3, 0.4) is 0 Å². The quantitative estimate of drug-likeness (QED) is 0.847. The number of benzene rings is 2. The maximum atomic E-state index is 14.1. The zero-order valence-electron chi connectivity index (χ0n) is 11.1. The van der Waals surface area contributed by atoms with Gasteiger partial charge in [-0.3, -0.25) is 0 Å². The summed E-state index contributed by atoms with van der Waals surface area (Å²) in [6, 6.07) is 14.3. The van der Waals surface area contributed by atoms with Crippen molar-refractivity contribution >= 4 is 0 Å². The Morgan fingerprint density at radius 3 is 2.58 bits per heavy atom. The third-order valence-electron chi connectivity index (χ3n) is 3.88. The number of rotatable bonds is 2. The van der Waals surface area contributed by atoms with E-state index in [0.29, 0.717) is 17.2 Å². The van der Waals surface area contributed by atoms with Gasteiger partial charge in [0.15, 0.2) is 0 Å². The van der Waals surface area contributed by atoms with E-state index in [9.17, 15) is 4.39 Å². The fraction of sp³-hybridized carbons (Fsp3) is 0.294. The second-order valence-corrected chi connectivity index (χ2v) is 5.21. The highest BCUT2D eigenvalue weighted by molar-refractivity contribution is 5.65. The summed E-state index contributed by atoms with van der Waals surface area (Å²) in [5.41, 5.74) is 3.63. The number of nitrogens with one attached hydrogen (secondary N) is 1. The Morgan fingerprint density at radius 2 is 1.89 bits per heavy atom. The second-order valence-electron chi connectivity index (χ2n) is 5.21. The molecule has 98 valence electrons. The SMILES string of the molecule is Cc1cccc(-c2ccc(C3CCCN3)cc2)c1F. The minimum absolute atomic E-state index is 0.116. The first kappa shape index (κ1) is 12.4. The van der Waals surface area contributed by atoms with Crippen molar-refractivity contribution < 1.29 is 4.39 Å². The van der Waals surface area contributed by atoms with Gasteiger partial charge in [-0.25, -0.2) is 4.39 Å². The molecule has 0 saturated carbocycles. The Hall–Kier alpha value is -1.67. The zero-order chi connectivity index (χ0) is 13.2. The Bertz CT molecular complexity index is 568. The van der Waals surface area contributed by atoms with Gasteiger partial charge >= 0.3 is 0 Å². The lowest BCUT2D eigenvalue weighted by Crippen LogP contribution is -2.12. The monoisotopic (exact) mass is 255 g/mol. The van der Waals surface area contributed by atoms with Crippen LogP contribution >= 0.6 is 0 Å². The molecule has 2 heteroatoms. The Kier molecular flexibility index (Phi) is 3.34. The van der Waals surface area contributed by atoms with Gasteiger partial charge in [-0.15, -0.1) is 0 Å². The van der Waals surface area contributed by atoms with E-state index in [1.54, 1.807) is 13.0 Å². The highest BCUT2D eigenvalue weighted by Gasteiger charge is 2.16. The predicted octanol–water partition coefficient (Wildman–Crippen LogP) is 4.23. The molecular weight excluding hydrogens is 237 g/mol. The number of halogens is 1.